The molecule has 6 nitrogen and oxygen atoms in total. The number of thiazole rings is 1. The van der Waals surface area contributed by atoms with Gasteiger partial charge in [-0.05, 0) is 30.8 Å². The highest BCUT2D eigenvalue weighted by Crippen LogP contribution is 2.30. The molecule has 2 aromatic rings. The number of aromatic nitrogens is 2. The first-order chi connectivity index (χ1) is 11.5. The highest BCUT2D eigenvalue weighted by Gasteiger charge is 2.27. The van der Waals surface area contributed by atoms with Gasteiger partial charge in [0.25, 0.3) is 11.8 Å². The summed E-state index contributed by atoms with van der Waals surface area (Å²) in [5, 5.41) is 7.02. The van der Waals surface area contributed by atoms with Crippen molar-refractivity contribution in [1.82, 2.24) is 15.0 Å². The van der Waals surface area contributed by atoms with Crippen molar-refractivity contribution in [2.75, 3.05) is 19.7 Å². The van der Waals surface area contributed by atoms with Crippen molar-refractivity contribution in [3.63, 3.8) is 0 Å². The van der Waals surface area contributed by atoms with E-state index in [1.54, 1.807) is 24.3 Å². The topological polar surface area (TPSA) is 68.5 Å². The number of carbonyl (C=O) groups is 1. The highest BCUT2D eigenvalue weighted by molar-refractivity contribution is 7.09. The summed E-state index contributed by atoms with van der Waals surface area (Å²) in [7, 11) is 0. The van der Waals surface area contributed by atoms with Gasteiger partial charge in [-0.1, -0.05) is 13.8 Å². The Morgan fingerprint density at radius 1 is 1.54 bits per heavy atom. The molecule has 0 aliphatic carbocycles. The molecule has 3 rings (SSSR count). The van der Waals surface area contributed by atoms with Gasteiger partial charge in [-0.25, -0.2) is 4.98 Å². The zero-order valence-corrected chi connectivity index (χ0v) is 15.1. The number of hydrogen-bond acceptors (Lipinski definition) is 6. The Hall–Kier alpha value is -1.89. The van der Waals surface area contributed by atoms with Crippen LogP contribution in [-0.4, -0.2) is 40.6 Å². The Kier molecular flexibility index (Phi) is 5.18. The van der Waals surface area contributed by atoms with Crippen LogP contribution in [0.25, 0.3) is 0 Å². The summed E-state index contributed by atoms with van der Waals surface area (Å²) in [6.45, 7) is 7.57. The minimum Gasteiger partial charge on any atom is -0.465 e. The molecule has 0 radical (unpaired) electrons. The SMILES string of the molecule is Cc1cc(OCC(=O)N2CCCC(c3nc(C(C)C)cs3)C2)no1. The van der Waals surface area contributed by atoms with Crippen molar-refractivity contribution < 1.29 is 14.1 Å². The normalized spacial score (nSPS) is 18.2. The van der Waals surface area contributed by atoms with E-state index in [1.165, 1.54) is 0 Å². The molecule has 1 aliphatic heterocycles. The number of rotatable bonds is 5. The van der Waals surface area contributed by atoms with Gasteiger partial charge >= 0.3 is 0 Å². The van der Waals surface area contributed by atoms with E-state index in [1.807, 2.05) is 4.90 Å². The van der Waals surface area contributed by atoms with Gasteiger partial charge in [0.2, 0.25) is 0 Å². The zero-order valence-electron chi connectivity index (χ0n) is 14.3. The predicted molar refractivity (Wildman–Crippen MR) is 91.5 cm³/mol. The van der Waals surface area contributed by atoms with E-state index in [-0.39, 0.29) is 12.5 Å². The fourth-order valence-corrected chi connectivity index (χ4v) is 3.91. The Bertz CT molecular complexity index is 695. The van der Waals surface area contributed by atoms with Gasteiger partial charge in [0.15, 0.2) is 6.61 Å². The second-order valence-electron chi connectivity index (χ2n) is 6.51. The van der Waals surface area contributed by atoms with Crippen LogP contribution in [0, 0.1) is 6.92 Å². The minimum absolute atomic E-state index is 0.00614. The van der Waals surface area contributed by atoms with Gasteiger partial charge in [0, 0.05) is 30.5 Å². The zero-order chi connectivity index (χ0) is 17.1. The monoisotopic (exact) mass is 349 g/mol. The van der Waals surface area contributed by atoms with Crippen LogP contribution in [0.5, 0.6) is 5.88 Å². The quantitative estimate of drug-likeness (QED) is 0.828. The number of hydrogen-bond donors (Lipinski definition) is 0. The molecule has 3 heterocycles. The second-order valence-corrected chi connectivity index (χ2v) is 7.40. The van der Waals surface area contributed by atoms with E-state index in [2.05, 4.69) is 24.4 Å². The van der Waals surface area contributed by atoms with Crippen molar-refractivity contribution in [2.24, 2.45) is 0 Å². The van der Waals surface area contributed by atoms with Gasteiger partial charge in [-0.2, -0.15) is 0 Å². The van der Waals surface area contributed by atoms with Crippen LogP contribution in [-0.2, 0) is 4.79 Å². The van der Waals surface area contributed by atoms with E-state index in [0.717, 1.165) is 30.1 Å². The molecule has 0 spiro atoms. The van der Waals surface area contributed by atoms with Crippen LogP contribution in [0.2, 0.25) is 0 Å². The molecule has 1 atom stereocenters. The lowest BCUT2D eigenvalue weighted by Gasteiger charge is -2.31. The van der Waals surface area contributed by atoms with Gasteiger partial charge in [0.1, 0.15) is 5.76 Å². The molecule has 7 heteroatoms. The fraction of sp³-hybridized carbons (Fsp3) is 0.588. The number of likely N-dealkylation sites (tertiary alicyclic amines) is 1. The van der Waals surface area contributed by atoms with E-state index in [4.69, 9.17) is 14.2 Å². The van der Waals surface area contributed by atoms with Crippen LogP contribution < -0.4 is 4.74 Å². The third-order valence-corrected chi connectivity index (χ3v) is 5.23. The van der Waals surface area contributed by atoms with Crippen molar-refractivity contribution in [1.29, 1.82) is 0 Å². The Balaban J connectivity index is 1.56. The first-order valence-electron chi connectivity index (χ1n) is 8.32. The van der Waals surface area contributed by atoms with Crippen molar-refractivity contribution in [3.8, 4) is 5.88 Å². The molecular formula is C17H23N3O3S. The van der Waals surface area contributed by atoms with Crippen LogP contribution in [0.15, 0.2) is 16.0 Å². The van der Waals surface area contributed by atoms with Gasteiger partial charge < -0.3 is 14.2 Å². The molecule has 2 aromatic heterocycles. The maximum absolute atomic E-state index is 12.4. The summed E-state index contributed by atoms with van der Waals surface area (Å²) in [5.41, 5.74) is 1.14. The van der Waals surface area contributed by atoms with Crippen molar-refractivity contribution >= 4 is 17.2 Å². The number of nitrogens with zero attached hydrogens (tertiary/aromatic N) is 3. The van der Waals surface area contributed by atoms with Crippen molar-refractivity contribution in [2.45, 2.75) is 45.4 Å². The summed E-state index contributed by atoms with van der Waals surface area (Å²) in [4.78, 5) is 19.0. The molecule has 24 heavy (non-hydrogen) atoms. The summed E-state index contributed by atoms with van der Waals surface area (Å²) in [6.07, 6.45) is 2.08. The third-order valence-electron chi connectivity index (χ3n) is 4.20. The molecule has 1 saturated heterocycles. The Morgan fingerprint density at radius 2 is 2.38 bits per heavy atom. The van der Waals surface area contributed by atoms with E-state index >= 15 is 0 Å². The molecule has 0 bridgehead atoms. The Morgan fingerprint density at radius 3 is 3.04 bits per heavy atom. The predicted octanol–water partition coefficient (Wildman–Crippen LogP) is 3.35. The van der Waals surface area contributed by atoms with E-state index in [9.17, 15) is 4.79 Å². The number of piperidine rings is 1. The van der Waals surface area contributed by atoms with Crippen LogP contribution in [0.3, 0.4) is 0 Å². The average Bonchev–Trinajstić information content (AvgIpc) is 3.22. The molecule has 1 unspecified atom stereocenters. The van der Waals surface area contributed by atoms with Crippen LogP contribution in [0.4, 0.5) is 0 Å². The lowest BCUT2D eigenvalue weighted by Crippen LogP contribution is -2.41. The average molecular weight is 349 g/mol. The van der Waals surface area contributed by atoms with Gasteiger partial charge in [-0.15, -0.1) is 11.3 Å². The highest BCUT2D eigenvalue weighted by atomic mass is 32.1. The number of carbonyl (C=O) groups excluding carboxylic acids is 1. The van der Waals surface area contributed by atoms with Crippen LogP contribution >= 0.6 is 11.3 Å². The van der Waals surface area contributed by atoms with Crippen LogP contribution in [0.1, 0.15) is 55.0 Å². The number of amides is 1. The number of aryl methyl sites for hydroxylation is 1. The molecule has 0 aromatic carbocycles. The molecule has 1 aliphatic rings. The van der Waals surface area contributed by atoms with E-state index in [0.29, 0.717) is 30.0 Å². The standard InChI is InChI=1S/C17H23N3O3S/c1-11(2)14-10-24-17(18-14)13-5-4-6-20(8-13)16(21)9-22-15-7-12(3)23-19-15/h7,10-11,13H,4-6,8-9H2,1-3H3. The summed E-state index contributed by atoms with van der Waals surface area (Å²) in [5.74, 6) is 1.78. The summed E-state index contributed by atoms with van der Waals surface area (Å²) >= 11 is 1.71. The summed E-state index contributed by atoms with van der Waals surface area (Å²) < 4.78 is 10.3. The van der Waals surface area contributed by atoms with Gasteiger partial charge in [-0.3, -0.25) is 4.79 Å². The summed E-state index contributed by atoms with van der Waals surface area (Å²) in [6, 6.07) is 1.68. The molecular weight excluding hydrogens is 326 g/mol. The van der Waals surface area contributed by atoms with Crippen molar-refractivity contribution in [3.05, 3.63) is 27.9 Å². The largest absolute Gasteiger partial charge is 0.465 e. The first-order valence-corrected chi connectivity index (χ1v) is 9.20. The molecule has 1 amide bonds. The number of ether oxygens (including phenoxy) is 1. The first kappa shape index (κ1) is 17.0. The second kappa shape index (κ2) is 7.34. The molecule has 0 saturated carbocycles. The third kappa shape index (κ3) is 3.95. The molecule has 130 valence electrons. The van der Waals surface area contributed by atoms with Gasteiger partial charge in [0.05, 0.1) is 10.7 Å². The van der Waals surface area contributed by atoms with E-state index < -0.39 is 0 Å². The molecule has 0 N–H and O–H groups in total. The maximum atomic E-state index is 12.4. The lowest BCUT2D eigenvalue weighted by atomic mass is 9.98. The lowest BCUT2D eigenvalue weighted by molar-refractivity contribution is -0.134. The maximum Gasteiger partial charge on any atom is 0.260 e. The smallest absolute Gasteiger partial charge is 0.260 e. The fourth-order valence-electron chi connectivity index (χ4n) is 2.80. The Labute approximate surface area is 145 Å². The minimum atomic E-state index is -0.0130. The molecule has 1 fully saturated rings.